The lowest BCUT2D eigenvalue weighted by Gasteiger charge is -2.18. The van der Waals surface area contributed by atoms with E-state index in [0.29, 0.717) is 18.3 Å². The quantitative estimate of drug-likeness (QED) is 0.888. The number of rotatable bonds is 3. The molecule has 1 N–H and O–H groups in total. The molecule has 0 atom stereocenters. The van der Waals surface area contributed by atoms with Crippen molar-refractivity contribution in [1.82, 2.24) is 15.5 Å². The molecule has 2 aromatic rings. The third-order valence-corrected chi connectivity index (χ3v) is 3.11. The minimum atomic E-state index is 0.375. The molecule has 5 heteroatoms. The zero-order valence-corrected chi connectivity index (χ0v) is 10.3. The van der Waals surface area contributed by atoms with Crippen LogP contribution in [0.25, 0.3) is 11.5 Å². The second kappa shape index (κ2) is 4.88. The van der Waals surface area contributed by atoms with Crippen LogP contribution in [0.1, 0.15) is 17.0 Å². The number of benzene rings is 1. The summed E-state index contributed by atoms with van der Waals surface area (Å²) >= 11 is 0. The third-order valence-electron chi connectivity index (χ3n) is 3.11. The Bertz CT molecular complexity index is 551. The van der Waals surface area contributed by atoms with Gasteiger partial charge >= 0.3 is 0 Å². The molecule has 1 aliphatic rings. The first kappa shape index (κ1) is 11.4. The van der Waals surface area contributed by atoms with Crippen molar-refractivity contribution in [3.8, 4) is 11.5 Å². The average Bonchev–Trinajstić information content (AvgIpc) is 2.87. The van der Waals surface area contributed by atoms with Crippen molar-refractivity contribution >= 4 is 0 Å². The van der Waals surface area contributed by atoms with E-state index < -0.39 is 0 Å². The van der Waals surface area contributed by atoms with E-state index in [1.807, 2.05) is 12.1 Å². The molecule has 3 rings (SSSR count). The van der Waals surface area contributed by atoms with Crippen LogP contribution in [-0.4, -0.2) is 23.8 Å². The van der Waals surface area contributed by atoms with E-state index in [9.17, 15) is 0 Å². The third kappa shape index (κ3) is 2.02. The first-order chi connectivity index (χ1) is 8.88. The Hall–Kier alpha value is -1.72. The summed E-state index contributed by atoms with van der Waals surface area (Å²) in [5.41, 5.74) is 3.66. The maximum Gasteiger partial charge on any atom is 0.258 e. The van der Waals surface area contributed by atoms with Crippen molar-refractivity contribution in [1.29, 1.82) is 0 Å². The molecule has 0 radical (unpaired) electrons. The van der Waals surface area contributed by atoms with Crippen molar-refractivity contribution < 1.29 is 9.26 Å². The lowest BCUT2D eigenvalue weighted by molar-refractivity contribution is 0.174. The number of hydrogen-bond acceptors (Lipinski definition) is 5. The highest BCUT2D eigenvalue weighted by Gasteiger charge is 2.17. The number of hydrogen-bond donors (Lipinski definition) is 1. The summed E-state index contributed by atoms with van der Waals surface area (Å²) in [5, 5.41) is 7.26. The first-order valence-electron chi connectivity index (χ1n) is 6.02. The van der Waals surface area contributed by atoms with Gasteiger partial charge in [-0.05, 0) is 30.2 Å². The van der Waals surface area contributed by atoms with Crippen molar-refractivity contribution in [2.75, 3.05) is 13.7 Å². The Morgan fingerprint density at radius 2 is 2.39 bits per heavy atom. The summed E-state index contributed by atoms with van der Waals surface area (Å²) < 4.78 is 10.3. The Labute approximate surface area is 105 Å². The van der Waals surface area contributed by atoms with Crippen LogP contribution >= 0.6 is 0 Å². The second-order valence-corrected chi connectivity index (χ2v) is 4.32. The molecule has 0 bridgehead atoms. The SMILES string of the molecule is COCc1noc(-c2cccc3c2CCNC3)n1. The van der Waals surface area contributed by atoms with E-state index >= 15 is 0 Å². The normalized spacial score (nSPS) is 14.5. The van der Waals surface area contributed by atoms with Gasteiger partial charge in [-0.3, -0.25) is 0 Å². The topological polar surface area (TPSA) is 60.2 Å². The predicted octanol–water partition coefficient (Wildman–Crippen LogP) is 1.53. The van der Waals surface area contributed by atoms with E-state index in [1.54, 1.807) is 7.11 Å². The predicted molar refractivity (Wildman–Crippen MR) is 65.9 cm³/mol. The van der Waals surface area contributed by atoms with E-state index in [4.69, 9.17) is 9.26 Å². The van der Waals surface area contributed by atoms with E-state index in [1.165, 1.54) is 11.1 Å². The van der Waals surface area contributed by atoms with Gasteiger partial charge in [-0.15, -0.1) is 0 Å². The molecule has 1 aliphatic heterocycles. The standard InChI is InChI=1S/C13H15N3O2/c1-17-8-12-15-13(18-16-12)11-4-2-3-9-7-14-6-5-10(9)11/h2-4,14H,5-8H2,1H3. The molecule has 0 saturated heterocycles. The largest absolute Gasteiger partial charge is 0.377 e. The number of nitrogens with one attached hydrogen (secondary N) is 1. The molecule has 1 aromatic carbocycles. The van der Waals surface area contributed by atoms with Crippen molar-refractivity contribution in [3.63, 3.8) is 0 Å². The number of methoxy groups -OCH3 is 1. The molecule has 18 heavy (non-hydrogen) atoms. The fourth-order valence-corrected chi connectivity index (χ4v) is 2.28. The van der Waals surface area contributed by atoms with Gasteiger partial charge in [-0.25, -0.2) is 0 Å². The minimum absolute atomic E-state index is 0.375. The van der Waals surface area contributed by atoms with Gasteiger partial charge in [0.1, 0.15) is 6.61 Å². The molecular weight excluding hydrogens is 230 g/mol. The summed E-state index contributed by atoms with van der Waals surface area (Å²) in [4.78, 5) is 4.36. The summed E-state index contributed by atoms with van der Waals surface area (Å²) in [6.07, 6.45) is 0.994. The van der Waals surface area contributed by atoms with Crippen molar-refractivity contribution in [2.45, 2.75) is 19.6 Å². The molecule has 0 saturated carbocycles. The van der Waals surface area contributed by atoms with Crippen LogP contribution in [0.4, 0.5) is 0 Å². The number of ether oxygens (including phenoxy) is 1. The summed E-state index contributed by atoms with van der Waals surface area (Å²) in [6, 6.07) is 6.20. The number of nitrogens with zero attached hydrogens (tertiary/aromatic N) is 2. The molecule has 1 aromatic heterocycles. The zero-order chi connectivity index (χ0) is 12.4. The van der Waals surface area contributed by atoms with Crippen LogP contribution in [0.5, 0.6) is 0 Å². The highest BCUT2D eigenvalue weighted by atomic mass is 16.5. The highest BCUT2D eigenvalue weighted by Crippen LogP contribution is 2.27. The fourth-order valence-electron chi connectivity index (χ4n) is 2.28. The van der Waals surface area contributed by atoms with Crippen LogP contribution in [0.2, 0.25) is 0 Å². The smallest absolute Gasteiger partial charge is 0.258 e. The summed E-state index contributed by atoms with van der Waals surface area (Å²) in [7, 11) is 1.62. The Balaban J connectivity index is 2.00. The van der Waals surface area contributed by atoms with Crippen LogP contribution in [0.3, 0.4) is 0 Å². The van der Waals surface area contributed by atoms with Crippen LogP contribution < -0.4 is 5.32 Å². The zero-order valence-electron chi connectivity index (χ0n) is 10.3. The lowest BCUT2D eigenvalue weighted by Crippen LogP contribution is -2.24. The molecule has 0 aliphatic carbocycles. The van der Waals surface area contributed by atoms with Gasteiger partial charge in [0.05, 0.1) is 0 Å². The van der Waals surface area contributed by atoms with Gasteiger partial charge in [-0.1, -0.05) is 17.3 Å². The van der Waals surface area contributed by atoms with Gasteiger partial charge in [0, 0.05) is 19.2 Å². The van der Waals surface area contributed by atoms with Crippen LogP contribution in [0.15, 0.2) is 22.7 Å². The Kier molecular flexibility index (Phi) is 3.08. The molecule has 2 heterocycles. The number of fused-ring (bicyclic) bond motifs is 1. The first-order valence-corrected chi connectivity index (χ1v) is 6.02. The van der Waals surface area contributed by atoms with Crippen LogP contribution in [-0.2, 0) is 24.3 Å². The summed E-state index contributed by atoms with van der Waals surface area (Å²) in [6.45, 7) is 2.27. The highest BCUT2D eigenvalue weighted by molar-refractivity contribution is 5.61. The van der Waals surface area contributed by atoms with Gasteiger partial charge < -0.3 is 14.6 Å². The minimum Gasteiger partial charge on any atom is -0.377 e. The molecular formula is C13H15N3O2. The van der Waals surface area contributed by atoms with E-state index in [0.717, 1.165) is 25.1 Å². The Morgan fingerprint density at radius 3 is 3.28 bits per heavy atom. The molecule has 94 valence electrons. The lowest BCUT2D eigenvalue weighted by atomic mass is 9.95. The van der Waals surface area contributed by atoms with Gasteiger partial charge in [0.15, 0.2) is 5.82 Å². The maximum atomic E-state index is 5.31. The average molecular weight is 245 g/mol. The van der Waals surface area contributed by atoms with Gasteiger partial charge in [-0.2, -0.15) is 4.98 Å². The molecule has 5 nitrogen and oxygen atoms in total. The fraction of sp³-hybridized carbons (Fsp3) is 0.385. The van der Waals surface area contributed by atoms with Crippen molar-refractivity contribution in [3.05, 3.63) is 35.2 Å². The van der Waals surface area contributed by atoms with Crippen molar-refractivity contribution in [2.24, 2.45) is 0 Å². The van der Waals surface area contributed by atoms with Gasteiger partial charge in [0.25, 0.3) is 5.89 Å². The second-order valence-electron chi connectivity index (χ2n) is 4.32. The number of aromatic nitrogens is 2. The molecule has 0 amide bonds. The molecule has 0 spiro atoms. The molecule has 0 unspecified atom stereocenters. The summed E-state index contributed by atoms with van der Waals surface area (Å²) in [5.74, 6) is 1.17. The van der Waals surface area contributed by atoms with Gasteiger partial charge in [0.2, 0.25) is 0 Å². The van der Waals surface area contributed by atoms with Crippen LogP contribution in [0, 0.1) is 0 Å². The molecule has 0 fully saturated rings. The van der Waals surface area contributed by atoms with E-state index in [2.05, 4.69) is 21.5 Å². The maximum absolute atomic E-state index is 5.31. The monoisotopic (exact) mass is 245 g/mol. The Morgan fingerprint density at radius 1 is 1.44 bits per heavy atom. The van der Waals surface area contributed by atoms with E-state index in [-0.39, 0.29) is 0 Å².